The average molecular weight is 448 g/mol. The van der Waals surface area contributed by atoms with Crippen molar-refractivity contribution in [3.63, 3.8) is 0 Å². The van der Waals surface area contributed by atoms with E-state index in [0.29, 0.717) is 11.2 Å². The molecule has 0 bridgehead atoms. The maximum atomic E-state index is 13.6. The van der Waals surface area contributed by atoms with E-state index in [0.717, 1.165) is 22.9 Å². The van der Waals surface area contributed by atoms with Gasteiger partial charge in [0.2, 0.25) is 11.8 Å². The SMILES string of the molecule is Cc1cccc(-n2ccnc2SCC(=O)NCC(=O)Nc2ccc(F)c(F)c2F)c1C. The van der Waals surface area contributed by atoms with Crippen molar-refractivity contribution in [2.24, 2.45) is 0 Å². The maximum absolute atomic E-state index is 13.6. The molecule has 2 amide bonds. The zero-order valence-electron chi connectivity index (χ0n) is 16.7. The number of nitrogens with one attached hydrogen (secondary N) is 2. The molecular weight excluding hydrogens is 429 g/mol. The standard InChI is InChI=1S/C21H19F3N4O2S/c1-12-4-3-5-16(13(12)2)28-9-8-25-21(28)31-11-18(30)26-10-17(29)27-15-7-6-14(22)19(23)20(15)24/h3-9H,10-11H2,1-2H3,(H,26,30)(H,27,29). The summed E-state index contributed by atoms with van der Waals surface area (Å²) in [6.45, 7) is 3.55. The number of anilines is 1. The number of carbonyl (C=O) groups is 2. The van der Waals surface area contributed by atoms with Gasteiger partial charge in [-0.05, 0) is 43.2 Å². The van der Waals surface area contributed by atoms with E-state index in [-0.39, 0.29) is 5.75 Å². The van der Waals surface area contributed by atoms with E-state index in [1.165, 1.54) is 11.8 Å². The van der Waals surface area contributed by atoms with Gasteiger partial charge in [0.1, 0.15) is 0 Å². The number of imidazole rings is 1. The fourth-order valence-corrected chi connectivity index (χ4v) is 3.55. The van der Waals surface area contributed by atoms with Gasteiger partial charge in [0, 0.05) is 12.4 Å². The molecular formula is C21H19F3N4O2S. The van der Waals surface area contributed by atoms with Crippen molar-refractivity contribution in [1.82, 2.24) is 14.9 Å². The molecule has 0 spiro atoms. The number of hydrogen-bond acceptors (Lipinski definition) is 4. The van der Waals surface area contributed by atoms with Crippen molar-refractivity contribution in [1.29, 1.82) is 0 Å². The normalized spacial score (nSPS) is 10.7. The van der Waals surface area contributed by atoms with Crippen LogP contribution in [0.5, 0.6) is 0 Å². The van der Waals surface area contributed by atoms with Crippen molar-refractivity contribution >= 4 is 29.3 Å². The molecule has 31 heavy (non-hydrogen) atoms. The highest BCUT2D eigenvalue weighted by Crippen LogP contribution is 2.24. The van der Waals surface area contributed by atoms with Crippen LogP contribution in [0.15, 0.2) is 47.9 Å². The van der Waals surface area contributed by atoms with Crippen LogP contribution in [0.3, 0.4) is 0 Å². The van der Waals surface area contributed by atoms with Gasteiger partial charge >= 0.3 is 0 Å². The monoisotopic (exact) mass is 448 g/mol. The highest BCUT2D eigenvalue weighted by atomic mass is 32.2. The summed E-state index contributed by atoms with van der Waals surface area (Å²) in [6.07, 6.45) is 3.43. The third-order valence-corrected chi connectivity index (χ3v) is 5.50. The molecule has 0 aliphatic carbocycles. The molecule has 6 nitrogen and oxygen atoms in total. The largest absolute Gasteiger partial charge is 0.346 e. The highest BCUT2D eigenvalue weighted by Gasteiger charge is 2.16. The second-order valence-corrected chi connectivity index (χ2v) is 7.58. The number of nitrogens with zero attached hydrogens (tertiary/aromatic N) is 2. The number of amides is 2. The number of rotatable bonds is 7. The first-order valence-corrected chi connectivity index (χ1v) is 10.2. The summed E-state index contributed by atoms with van der Waals surface area (Å²) in [6, 6.07) is 7.49. The Morgan fingerprint density at radius 2 is 1.84 bits per heavy atom. The van der Waals surface area contributed by atoms with Gasteiger partial charge in [0.25, 0.3) is 0 Å². The Balaban J connectivity index is 1.54. The van der Waals surface area contributed by atoms with Gasteiger partial charge in [0.15, 0.2) is 22.6 Å². The van der Waals surface area contributed by atoms with Gasteiger partial charge in [-0.2, -0.15) is 0 Å². The molecule has 0 radical (unpaired) electrons. The first kappa shape index (κ1) is 22.4. The van der Waals surface area contributed by atoms with Crippen molar-refractivity contribution in [2.75, 3.05) is 17.6 Å². The highest BCUT2D eigenvalue weighted by molar-refractivity contribution is 7.99. The van der Waals surface area contributed by atoms with Crippen LogP contribution >= 0.6 is 11.8 Å². The summed E-state index contributed by atoms with van der Waals surface area (Å²) in [5.41, 5.74) is 2.66. The molecule has 1 aromatic heterocycles. The lowest BCUT2D eigenvalue weighted by Gasteiger charge is -2.12. The summed E-state index contributed by atoms with van der Waals surface area (Å²) in [7, 11) is 0. The van der Waals surface area contributed by atoms with Crippen LogP contribution in [0.2, 0.25) is 0 Å². The molecule has 162 valence electrons. The van der Waals surface area contributed by atoms with Gasteiger partial charge in [-0.1, -0.05) is 23.9 Å². The molecule has 2 aromatic carbocycles. The minimum Gasteiger partial charge on any atom is -0.346 e. The zero-order valence-corrected chi connectivity index (χ0v) is 17.5. The van der Waals surface area contributed by atoms with Crippen LogP contribution < -0.4 is 10.6 Å². The average Bonchev–Trinajstić information content (AvgIpc) is 3.21. The van der Waals surface area contributed by atoms with E-state index in [4.69, 9.17) is 0 Å². The van der Waals surface area contributed by atoms with Gasteiger partial charge < -0.3 is 10.6 Å². The van der Waals surface area contributed by atoms with E-state index in [1.54, 1.807) is 12.4 Å². The molecule has 3 aromatic rings. The molecule has 3 rings (SSSR count). The fraction of sp³-hybridized carbons (Fsp3) is 0.190. The molecule has 0 unspecified atom stereocenters. The van der Waals surface area contributed by atoms with Gasteiger partial charge in [-0.25, -0.2) is 18.2 Å². The van der Waals surface area contributed by atoms with Crippen LogP contribution in [0.25, 0.3) is 5.69 Å². The van der Waals surface area contributed by atoms with E-state index >= 15 is 0 Å². The predicted octanol–water partition coefficient (Wildman–Crippen LogP) is 3.75. The van der Waals surface area contributed by atoms with Crippen molar-refractivity contribution in [3.8, 4) is 5.69 Å². The number of aryl methyl sites for hydroxylation is 1. The first-order chi connectivity index (χ1) is 14.8. The molecule has 0 fully saturated rings. The van der Waals surface area contributed by atoms with E-state index in [1.807, 2.05) is 36.6 Å². The number of carbonyl (C=O) groups excluding carboxylic acids is 2. The lowest BCUT2D eigenvalue weighted by atomic mass is 10.1. The minimum atomic E-state index is -1.68. The minimum absolute atomic E-state index is 0.00526. The Bertz CT molecular complexity index is 1130. The third-order valence-electron chi connectivity index (χ3n) is 4.53. The van der Waals surface area contributed by atoms with Crippen molar-refractivity contribution < 1.29 is 22.8 Å². The Labute approximate surface area is 180 Å². The Kier molecular flexibility index (Phi) is 7.01. The van der Waals surface area contributed by atoms with Gasteiger partial charge in [0.05, 0.1) is 23.7 Å². The van der Waals surface area contributed by atoms with E-state index < -0.39 is 41.5 Å². The number of benzene rings is 2. The summed E-state index contributed by atoms with van der Waals surface area (Å²) in [5, 5.41) is 5.09. The van der Waals surface area contributed by atoms with Gasteiger partial charge in [-0.15, -0.1) is 0 Å². The third kappa shape index (κ3) is 5.26. The molecule has 10 heteroatoms. The Morgan fingerprint density at radius 3 is 2.61 bits per heavy atom. The van der Waals surface area contributed by atoms with Crippen molar-refractivity contribution in [3.05, 3.63) is 71.3 Å². The van der Waals surface area contributed by atoms with Crippen LogP contribution in [-0.4, -0.2) is 33.7 Å². The second-order valence-electron chi connectivity index (χ2n) is 6.64. The molecule has 0 saturated heterocycles. The topological polar surface area (TPSA) is 76.0 Å². The van der Waals surface area contributed by atoms with E-state index in [9.17, 15) is 22.8 Å². The van der Waals surface area contributed by atoms with Crippen LogP contribution in [0, 0.1) is 31.3 Å². The van der Waals surface area contributed by atoms with Crippen LogP contribution in [-0.2, 0) is 9.59 Å². The quantitative estimate of drug-likeness (QED) is 0.426. The number of halogens is 3. The van der Waals surface area contributed by atoms with Crippen molar-refractivity contribution in [2.45, 2.75) is 19.0 Å². The second kappa shape index (κ2) is 9.69. The molecule has 0 aliphatic heterocycles. The van der Waals surface area contributed by atoms with Crippen LogP contribution in [0.1, 0.15) is 11.1 Å². The Hall–Kier alpha value is -3.27. The Morgan fingerprint density at radius 1 is 1.06 bits per heavy atom. The smallest absolute Gasteiger partial charge is 0.243 e. The molecule has 1 heterocycles. The van der Waals surface area contributed by atoms with E-state index in [2.05, 4.69) is 15.6 Å². The summed E-state index contributed by atoms with van der Waals surface area (Å²) in [5.74, 6) is -5.78. The summed E-state index contributed by atoms with van der Waals surface area (Å²) >= 11 is 1.19. The number of thioether (sulfide) groups is 1. The molecule has 0 atom stereocenters. The maximum Gasteiger partial charge on any atom is 0.243 e. The summed E-state index contributed by atoms with van der Waals surface area (Å²) in [4.78, 5) is 28.2. The summed E-state index contributed by atoms with van der Waals surface area (Å²) < 4.78 is 41.6. The molecule has 2 N–H and O–H groups in total. The lowest BCUT2D eigenvalue weighted by molar-refractivity contribution is -0.122. The fourth-order valence-electron chi connectivity index (χ4n) is 2.75. The zero-order chi connectivity index (χ0) is 22.5. The first-order valence-electron chi connectivity index (χ1n) is 9.20. The lowest BCUT2D eigenvalue weighted by Crippen LogP contribution is -2.34. The molecule has 0 saturated carbocycles. The van der Waals surface area contributed by atoms with Crippen LogP contribution in [0.4, 0.5) is 18.9 Å². The van der Waals surface area contributed by atoms with Gasteiger partial charge in [-0.3, -0.25) is 14.2 Å². The number of hydrogen-bond donors (Lipinski definition) is 2. The predicted molar refractivity (Wildman–Crippen MR) is 112 cm³/mol. The number of aromatic nitrogens is 2. The molecule has 0 aliphatic rings.